The van der Waals surface area contributed by atoms with Crippen molar-refractivity contribution in [1.29, 1.82) is 0 Å². The summed E-state index contributed by atoms with van der Waals surface area (Å²) < 4.78 is 25.1. The van der Waals surface area contributed by atoms with Gasteiger partial charge in [0.25, 0.3) is 0 Å². The molecule has 1 unspecified atom stereocenters. The zero-order valence-electron chi connectivity index (χ0n) is 13.4. The highest BCUT2D eigenvalue weighted by molar-refractivity contribution is 7.93. The van der Waals surface area contributed by atoms with Crippen molar-refractivity contribution in [3.63, 3.8) is 0 Å². The quantitative estimate of drug-likeness (QED) is 0.839. The lowest BCUT2D eigenvalue weighted by molar-refractivity contribution is -0.120. The van der Waals surface area contributed by atoms with Crippen LogP contribution in [0.5, 0.6) is 0 Å². The summed E-state index contributed by atoms with van der Waals surface area (Å²) in [7, 11) is -3.18. The molecule has 130 valence electrons. The Morgan fingerprint density at radius 2 is 1.96 bits per heavy atom. The Morgan fingerprint density at radius 3 is 2.43 bits per heavy atom. The molecule has 0 aromatic heterocycles. The highest BCUT2D eigenvalue weighted by Gasteiger charge is 2.29. The minimum atomic E-state index is -3.18. The molecule has 1 atom stereocenters. The van der Waals surface area contributed by atoms with Gasteiger partial charge in [-0.3, -0.25) is 9.10 Å². The zero-order valence-corrected chi connectivity index (χ0v) is 15.0. The average Bonchev–Trinajstić information content (AvgIpc) is 2.79. The Balaban J connectivity index is 0.00000264. The lowest BCUT2D eigenvalue weighted by Gasteiger charge is -2.23. The Hall–Kier alpha value is -1.31. The molecule has 1 aromatic rings. The van der Waals surface area contributed by atoms with Crippen molar-refractivity contribution >= 4 is 39.7 Å². The van der Waals surface area contributed by atoms with Gasteiger partial charge < -0.3 is 11.1 Å². The van der Waals surface area contributed by atoms with Crippen LogP contribution in [0.3, 0.4) is 0 Å². The van der Waals surface area contributed by atoms with Crippen molar-refractivity contribution in [2.75, 3.05) is 21.9 Å². The summed E-state index contributed by atoms with van der Waals surface area (Å²) in [5.41, 5.74) is 6.31. The number of rotatable bonds is 5. The number of hydrogen-bond donors (Lipinski definition) is 2. The van der Waals surface area contributed by atoms with Crippen molar-refractivity contribution < 1.29 is 13.2 Å². The SMILES string of the molecule is CCCC(C)(N)C(=O)Nc1ccc(N2CCCS2(=O)=O)cc1.Cl. The maximum absolute atomic E-state index is 12.1. The summed E-state index contributed by atoms with van der Waals surface area (Å²) in [6.07, 6.45) is 2.07. The molecular weight excluding hydrogens is 338 g/mol. The maximum atomic E-state index is 12.1. The molecule has 1 amide bonds. The highest BCUT2D eigenvalue weighted by atomic mass is 35.5. The fraction of sp³-hybridized carbons (Fsp3) is 0.533. The van der Waals surface area contributed by atoms with E-state index >= 15 is 0 Å². The molecule has 1 saturated heterocycles. The van der Waals surface area contributed by atoms with Gasteiger partial charge in [-0.2, -0.15) is 0 Å². The molecule has 1 aliphatic rings. The first-order valence-corrected chi connectivity index (χ1v) is 9.08. The van der Waals surface area contributed by atoms with Crippen LogP contribution in [0.4, 0.5) is 11.4 Å². The van der Waals surface area contributed by atoms with Gasteiger partial charge in [-0.1, -0.05) is 13.3 Å². The molecular formula is C15H24ClN3O3S. The molecule has 0 bridgehead atoms. The van der Waals surface area contributed by atoms with Crippen LogP contribution in [0.2, 0.25) is 0 Å². The van der Waals surface area contributed by atoms with Crippen LogP contribution >= 0.6 is 12.4 Å². The summed E-state index contributed by atoms with van der Waals surface area (Å²) in [4.78, 5) is 12.1. The van der Waals surface area contributed by atoms with Crippen LogP contribution in [-0.4, -0.2) is 32.2 Å². The number of benzene rings is 1. The number of carbonyl (C=O) groups is 1. The Morgan fingerprint density at radius 1 is 1.35 bits per heavy atom. The first kappa shape index (κ1) is 19.7. The highest BCUT2D eigenvalue weighted by Crippen LogP contribution is 2.25. The summed E-state index contributed by atoms with van der Waals surface area (Å²) in [6, 6.07) is 6.80. The van der Waals surface area contributed by atoms with E-state index in [4.69, 9.17) is 5.73 Å². The topological polar surface area (TPSA) is 92.5 Å². The van der Waals surface area contributed by atoms with Crippen molar-refractivity contribution in [3.05, 3.63) is 24.3 Å². The van der Waals surface area contributed by atoms with Crippen LogP contribution < -0.4 is 15.4 Å². The van der Waals surface area contributed by atoms with Crippen molar-refractivity contribution in [2.45, 2.75) is 38.6 Å². The van der Waals surface area contributed by atoms with Gasteiger partial charge in [0, 0.05) is 12.2 Å². The minimum Gasteiger partial charge on any atom is -0.325 e. The Bertz CT molecular complexity index is 644. The number of nitrogens with zero attached hydrogens (tertiary/aromatic N) is 1. The molecule has 6 nitrogen and oxygen atoms in total. The number of sulfonamides is 1. The van der Waals surface area contributed by atoms with E-state index in [0.717, 1.165) is 6.42 Å². The summed E-state index contributed by atoms with van der Waals surface area (Å²) in [6.45, 7) is 4.19. The van der Waals surface area contributed by atoms with E-state index in [1.165, 1.54) is 4.31 Å². The standard InChI is InChI=1S/C15H23N3O3S.ClH/c1-3-9-15(2,16)14(19)17-12-5-7-13(8-6-12)18-10-4-11-22(18,20)21;/h5-8H,3-4,9-11,16H2,1-2H3,(H,17,19);1H. The van der Waals surface area contributed by atoms with Crippen LogP contribution in [-0.2, 0) is 14.8 Å². The molecule has 2 rings (SSSR count). The summed E-state index contributed by atoms with van der Waals surface area (Å²) >= 11 is 0. The maximum Gasteiger partial charge on any atom is 0.244 e. The van der Waals surface area contributed by atoms with Crippen molar-refractivity contribution in [3.8, 4) is 0 Å². The van der Waals surface area contributed by atoms with Gasteiger partial charge in [-0.25, -0.2) is 8.42 Å². The second-order valence-corrected chi connectivity index (χ2v) is 7.92. The predicted molar refractivity (Wildman–Crippen MR) is 95.6 cm³/mol. The number of halogens is 1. The third kappa shape index (κ3) is 4.59. The van der Waals surface area contributed by atoms with Crippen molar-refractivity contribution in [1.82, 2.24) is 0 Å². The number of nitrogens with one attached hydrogen (secondary N) is 1. The van der Waals surface area contributed by atoms with E-state index in [2.05, 4.69) is 5.32 Å². The van der Waals surface area contributed by atoms with Gasteiger partial charge in [0.15, 0.2) is 0 Å². The van der Waals surface area contributed by atoms with Gasteiger partial charge in [0.1, 0.15) is 0 Å². The molecule has 0 saturated carbocycles. The van der Waals surface area contributed by atoms with Gasteiger partial charge in [-0.15, -0.1) is 12.4 Å². The molecule has 0 spiro atoms. The van der Waals surface area contributed by atoms with E-state index in [0.29, 0.717) is 30.8 Å². The number of carbonyl (C=O) groups excluding carboxylic acids is 1. The van der Waals surface area contributed by atoms with Crippen LogP contribution in [0, 0.1) is 0 Å². The lowest BCUT2D eigenvalue weighted by Crippen LogP contribution is -2.48. The van der Waals surface area contributed by atoms with E-state index in [9.17, 15) is 13.2 Å². The van der Waals surface area contributed by atoms with E-state index in [1.54, 1.807) is 31.2 Å². The molecule has 23 heavy (non-hydrogen) atoms. The summed E-state index contributed by atoms with van der Waals surface area (Å²) in [5, 5.41) is 2.77. The van der Waals surface area contributed by atoms with Gasteiger partial charge in [0.05, 0.1) is 17.0 Å². The Labute approximate surface area is 143 Å². The van der Waals surface area contributed by atoms with Gasteiger partial charge in [-0.05, 0) is 44.0 Å². The van der Waals surface area contributed by atoms with Crippen molar-refractivity contribution in [2.24, 2.45) is 5.73 Å². The van der Waals surface area contributed by atoms with Crippen LogP contribution in [0.15, 0.2) is 24.3 Å². The molecule has 1 aliphatic heterocycles. The largest absolute Gasteiger partial charge is 0.325 e. The first-order valence-electron chi connectivity index (χ1n) is 7.47. The fourth-order valence-corrected chi connectivity index (χ4v) is 4.11. The molecule has 8 heteroatoms. The van der Waals surface area contributed by atoms with Crippen LogP contribution in [0.25, 0.3) is 0 Å². The monoisotopic (exact) mass is 361 g/mol. The third-order valence-corrected chi connectivity index (χ3v) is 5.67. The molecule has 1 aromatic carbocycles. The second kappa shape index (κ2) is 7.51. The molecule has 0 radical (unpaired) electrons. The smallest absolute Gasteiger partial charge is 0.244 e. The van der Waals surface area contributed by atoms with E-state index in [1.807, 2.05) is 6.92 Å². The molecule has 3 N–H and O–H groups in total. The number of amides is 1. The van der Waals surface area contributed by atoms with E-state index in [-0.39, 0.29) is 24.1 Å². The molecule has 0 aliphatic carbocycles. The normalized spacial score (nSPS) is 18.8. The minimum absolute atomic E-state index is 0. The van der Waals surface area contributed by atoms with Crippen LogP contribution in [0.1, 0.15) is 33.1 Å². The molecule has 1 heterocycles. The summed E-state index contributed by atoms with van der Waals surface area (Å²) in [5.74, 6) is -0.0514. The number of hydrogen-bond acceptors (Lipinski definition) is 4. The van der Waals surface area contributed by atoms with E-state index < -0.39 is 15.6 Å². The third-order valence-electron chi connectivity index (χ3n) is 3.80. The fourth-order valence-electron chi connectivity index (χ4n) is 2.55. The zero-order chi connectivity index (χ0) is 16.4. The number of anilines is 2. The predicted octanol–water partition coefficient (Wildman–Crippen LogP) is 2.10. The second-order valence-electron chi connectivity index (χ2n) is 5.91. The lowest BCUT2D eigenvalue weighted by atomic mass is 9.96. The Kier molecular flexibility index (Phi) is 6.44. The van der Waals surface area contributed by atoms with Gasteiger partial charge in [0.2, 0.25) is 15.9 Å². The first-order chi connectivity index (χ1) is 10.3. The number of nitrogens with two attached hydrogens (primary N) is 1. The molecule has 1 fully saturated rings. The van der Waals surface area contributed by atoms with Gasteiger partial charge >= 0.3 is 0 Å². The average molecular weight is 362 g/mol.